The first-order valence-electron chi connectivity index (χ1n) is 7.56. The monoisotopic (exact) mass is 369 g/mol. The molecular formula is C14H20BF3KN3O2. The number of ether oxygens (including phenoxy) is 1. The van der Waals surface area contributed by atoms with Crippen molar-refractivity contribution in [1.82, 2.24) is 14.9 Å². The normalized spacial score (nSPS) is 16.5. The van der Waals surface area contributed by atoms with E-state index < -0.39 is 18.0 Å². The third-order valence-electron chi connectivity index (χ3n) is 3.58. The summed E-state index contributed by atoms with van der Waals surface area (Å²) in [7, 11) is 0. The van der Waals surface area contributed by atoms with Crippen molar-refractivity contribution in [2.75, 3.05) is 13.1 Å². The minimum absolute atomic E-state index is 0. The Hall–Kier alpha value is -0.159. The summed E-state index contributed by atoms with van der Waals surface area (Å²) in [5.41, 5.74) is -1.34. The van der Waals surface area contributed by atoms with Crippen molar-refractivity contribution in [2.45, 2.75) is 45.1 Å². The molecule has 0 aromatic carbocycles. The molecule has 1 aliphatic rings. The van der Waals surface area contributed by atoms with Crippen LogP contribution in [-0.2, 0) is 4.74 Å². The van der Waals surface area contributed by atoms with Crippen LogP contribution in [0.4, 0.5) is 17.7 Å². The zero-order valence-corrected chi connectivity index (χ0v) is 17.6. The Bertz CT molecular complexity index is 556. The predicted octanol–water partition coefficient (Wildman–Crippen LogP) is -0.350. The Morgan fingerprint density at radius 3 is 2.12 bits per heavy atom. The van der Waals surface area contributed by atoms with Gasteiger partial charge in [0.05, 0.1) is 0 Å². The first kappa shape index (κ1) is 21.9. The molecule has 1 aliphatic heterocycles. The zero-order chi connectivity index (χ0) is 17.3. The number of halogens is 3. The second-order valence-corrected chi connectivity index (χ2v) is 6.69. The van der Waals surface area contributed by atoms with Crippen molar-refractivity contribution >= 4 is 18.5 Å². The fraction of sp³-hybridized carbons (Fsp3) is 0.643. The molecule has 0 radical (unpaired) electrons. The molecule has 1 aromatic rings. The Labute approximate surface area is 182 Å². The van der Waals surface area contributed by atoms with Gasteiger partial charge in [-0.3, -0.25) is 0 Å². The van der Waals surface area contributed by atoms with Gasteiger partial charge in [-0.1, -0.05) is 5.46 Å². The van der Waals surface area contributed by atoms with Crippen molar-refractivity contribution < 1.29 is 73.9 Å². The van der Waals surface area contributed by atoms with E-state index >= 15 is 0 Å². The third kappa shape index (κ3) is 6.29. The van der Waals surface area contributed by atoms with Gasteiger partial charge in [0.25, 0.3) is 0 Å². The van der Waals surface area contributed by atoms with Crippen molar-refractivity contribution in [3.05, 3.63) is 18.2 Å². The Kier molecular flexibility index (Phi) is 7.73. The Balaban J connectivity index is 0.00000288. The van der Waals surface area contributed by atoms with E-state index in [1.165, 1.54) is 0 Å². The van der Waals surface area contributed by atoms with Crippen LogP contribution in [0.2, 0.25) is 0 Å². The number of piperidine rings is 1. The molecule has 10 heteroatoms. The van der Waals surface area contributed by atoms with Gasteiger partial charge in [0.2, 0.25) is 0 Å². The predicted molar refractivity (Wildman–Crippen MR) is 80.5 cm³/mol. The molecule has 1 aromatic heterocycles. The second-order valence-electron chi connectivity index (χ2n) is 6.69. The minimum atomic E-state index is -5.07. The van der Waals surface area contributed by atoms with Crippen molar-refractivity contribution in [3.8, 4) is 0 Å². The molecule has 5 nitrogen and oxygen atoms in total. The molecule has 1 saturated heterocycles. The van der Waals surface area contributed by atoms with Crippen molar-refractivity contribution in [3.63, 3.8) is 0 Å². The standard InChI is InChI=1S/C14H20BF3N3O2.K/c1-14(2,3)23-13(22)21-6-4-10(5-7-21)12-19-8-11(9-20-12)15(16,17)18;/h8-10H,4-7H2,1-3H3;/q-1;+1. The van der Waals surface area contributed by atoms with Crippen molar-refractivity contribution in [1.29, 1.82) is 0 Å². The molecule has 2 rings (SSSR count). The van der Waals surface area contributed by atoms with Gasteiger partial charge in [0, 0.05) is 31.4 Å². The van der Waals surface area contributed by atoms with E-state index in [2.05, 4.69) is 9.97 Å². The molecule has 24 heavy (non-hydrogen) atoms. The molecule has 0 N–H and O–H groups in total. The van der Waals surface area contributed by atoms with Gasteiger partial charge in [-0.05, 0) is 33.6 Å². The maximum atomic E-state index is 12.6. The average Bonchev–Trinajstić information content (AvgIpc) is 2.45. The summed E-state index contributed by atoms with van der Waals surface area (Å²) in [4.78, 5) is 21.3. The van der Waals surface area contributed by atoms with Crippen LogP contribution in [0.5, 0.6) is 0 Å². The molecule has 0 bridgehead atoms. The van der Waals surface area contributed by atoms with Crippen LogP contribution in [-0.4, -0.2) is 46.6 Å². The van der Waals surface area contributed by atoms with Crippen LogP contribution < -0.4 is 56.8 Å². The van der Waals surface area contributed by atoms with E-state index in [1.54, 1.807) is 25.7 Å². The summed E-state index contributed by atoms with van der Waals surface area (Å²) in [6.07, 6.45) is 2.52. The molecule has 0 spiro atoms. The van der Waals surface area contributed by atoms with Crippen LogP contribution in [0, 0.1) is 0 Å². The molecule has 1 fully saturated rings. The number of hydrogen-bond donors (Lipinski definition) is 0. The number of nitrogens with zero attached hydrogens (tertiary/aromatic N) is 3. The number of carbonyl (C=O) groups excluding carboxylic acids is 1. The van der Waals surface area contributed by atoms with Crippen LogP contribution in [0.1, 0.15) is 45.4 Å². The number of likely N-dealkylation sites (tertiary alicyclic amines) is 1. The number of rotatable bonds is 2. The average molecular weight is 369 g/mol. The van der Waals surface area contributed by atoms with Crippen molar-refractivity contribution in [2.24, 2.45) is 0 Å². The minimum Gasteiger partial charge on any atom is -0.445 e. The van der Waals surface area contributed by atoms with Gasteiger partial charge >= 0.3 is 64.5 Å². The fourth-order valence-corrected chi connectivity index (χ4v) is 2.37. The summed E-state index contributed by atoms with van der Waals surface area (Å²) in [6.45, 7) is 1.29. The van der Waals surface area contributed by atoms with E-state index in [-0.39, 0.29) is 63.4 Å². The summed E-state index contributed by atoms with van der Waals surface area (Å²) in [6, 6.07) is 0. The molecular weight excluding hydrogens is 349 g/mol. The Morgan fingerprint density at radius 2 is 1.71 bits per heavy atom. The topological polar surface area (TPSA) is 55.3 Å². The third-order valence-corrected chi connectivity index (χ3v) is 3.58. The number of amides is 1. The van der Waals surface area contributed by atoms with Gasteiger partial charge in [-0.15, -0.1) is 0 Å². The van der Waals surface area contributed by atoms with E-state index in [4.69, 9.17) is 4.74 Å². The molecule has 0 unspecified atom stereocenters. The van der Waals surface area contributed by atoms with E-state index in [1.807, 2.05) is 0 Å². The maximum absolute atomic E-state index is 12.6. The maximum Gasteiger partial charge on any atom is 1.00 e. The van der Waals surface area contributed by atoms with Gasteiger partial charge < -0.3 is 22.6 Å². The van der Waals surface area contributed by atoms with Crippen LogP contribution in [0.15, 0.2) is 12.4 Å². The summed E-state index contributed by atoms with van der Waals surface area (Å²) in [5.74, 6) is 0.362. The van der Waals surface area contributed by atoms with E-state index in [0.29, 0.717) is 31.8 Å². The fourth-order valence-electron chi connectivity index (χ4n) is 2.37. The summed E-state index contributed by atoms with van der Waals surface area (Å²) >= 11 is 0. The van der Waals surface area contributed by atoms with Gasteiger partial charge in [0.15, 0.2) is 0 Å². The molecule has 0 aliphatic carbocycles. The molecule has 128 valence electrons. The van der Waals surface area contributed by atoms with E-state index in [9.17, 15) is 17.7 Å². The molecule has 1 amide bonds. The Morgan fingerprint density at radius 1 is 1.21 bits per heavy atom. The molecule has 2 heterocycles. The van der Waals surface area contributed by atoms with Gasteiger partial charge in [-0.25, -0.2) is 14.8 Å². The largest absolute Gasteiger partial charge is 1.00 e. The number of carbonyl (C=O) groups is 1. The number of aromatic nitrogens is 2. The second kappa shape index (κ2) is 8.48. The first-order chi connectivity index (χ1) is 10.6. The SMILES string of the molecule is CC(C)(C)OC(=O)N1CCC(c2ncc([B-](F)(F)F)cn2)CC1.[K+]. The summed E-state index contributed by atoms with van der Waals surface area (Å²) in [5, 5.41) is 0. The quantitative estimate of drug-likeness (QED) is 0.669. The van der Waals surface area contributed by atoms with Crippen LogP contribution >= 0.6 is 0 Å². The van der Waals surface area contributed by atoms with Crippen LogP contribution in [0.3, 0.4) is 0 Å². The van der Waals surface area contributed by atoms with Crippen LogP contribution in [0.25, 0.3) is 0 Å². The number of hydrogen-bond acceptors (Lipinski definition) is 4. The smallest absolute Gasteiger partial charge is 0.445 e. The summed E-state index contributed by atoms with van der Waals surface area (Å²) < 4.78 is 43.0. The van der Waals surface area contributed by atoms with Gasteiger partial charge in [0.1, 0.15) is 11.4 Å². The van der Waals surface area contributed by atoms with E-state index in [0.717, 1.165) is 12.4 Å². The molecule has 0 atom stereocenters. The first-order valence-corrected chi connectivity index (χ1v) is 7.56. The zero-order valence-electron chi connectivity index (χ0n) is 14.4. The molecule has 0 saturated carbocycles. The van der Waals surface area contributed by atoms with Gasteiger partial charge in [-0.2, -0.15) is 0 Å².